The van der Waals surface area contributed by atoms with Crippen molar-refractivity contribution in [3.05, 3.63) is 0 Å². The quantitative estimate of drug-likeness (QED) is 0.640. The van der Waals surface area contributed by atoms with E-state index in [4.69, 9.17) is 5.73 Å². The van der Waals surface area contributed by atoms with E-state index in [0.29, 0.717) is 12.1 Å². The minimum absolute atomic E-state index is 0.263. The van der Waals surface area contributed by atoms with Gasteiger partial charge in [0.2, 0.25) is 0 Å². The highest BCUT2D eigenvalue weighted by Crippen LogP contribution is 2.10. The second-order valence-electron chi connectivity index (χ2n) is 4.64. The lowest BCUT2D eigenvalue weighted by atomic mass is 10.1. The molecule has 14 heavy (non-hydrogen) atoms. The molecule has 0 aromatic carbocycles. The van der Waals surface area contributed by atoms with Gasteiger partial charge in [0.1, 0.15) is 0 Å². The normalized spacial score (nSPS) is 16.3. The summed E-state index contributed by atoms with van der Waals surface area (Å²) in [6, 6.07) is 1.36. The minimum atomic E-state index is 0.263. The van der Waals surface area contributed by atoms with Gasteiger partial charge in [0, 0.05) is 18.1 Å². The van der Waals surface area contributed by atoms with Crippen LogP contribution in [0, 0.1) is 0 Å². The third-order valence-electron chi connectivity index (χ3n) is 2.97. The van der Waals surface area contributed by atoms with E-state index in [1.807, 2.05) is 0 Å². The van der Waals surface area contributed by atoms with Gasteiger partial charge in [0.05, 0.1) is 0 Å². The van der Waals surface area contributed by atoms with Gasteiger partial charge >= 0.3 is 0 Å². The SMILES string of the molecule is CCCCCN(C(C)C)C(C)C(C)N. The van der Waals surface area contributed by atoms with E-state index in [0.717, 1.165) is 0 Å². The fourth-order valence-corrected chi connectivity index (χ4v) is 1.78. The molecule has 2 nitrogen and oxygen atoms in total. The predicted octanol–water partition coefficient (Wildman–Crippen LogP) is 2.62. The van der Waals surface area contributed by atoms with Crippen LogP contribution < -0.4 is 5.73 Å². The zero-order chi connectivity index (χ0) is 11.1. The van der Waals surface area contributed by atoms with E-state index >= 15 is 0 Å². The van der Waals surface area contributed by atoms with Crippen molar-refractivity contribution in [1.82, 2.24) is 4.90 Å². The van der Waals surface area contributed by atoms with Crippen LogP contribution in [0.15, 0.2) is 0 Å². The third kappa shape index (κ3) is 4.97. The Morgan fingerprint density at radius 1 is 1.07 bits per heavy atom. The maximum atomic E-state index is 5.94. The maximum absolute atomic E-state index is 5.94. The summed E-state index contributed by atoms with van der Waals surface area (Å²) in [5.41, 5.74) is 5.94. The Labute approximate surface area is 89.9 Å². The second-order valence-corrected chi connectivity index (χ2v) is 4.64. The second kappa shape index (κ2) is 7.24. The molecule has 0 heterocycles. The highest BCUT2D eigenvalue weighted by molar-refractivity contribution is 4.77. The van der Waals surface area contributed by atoms with Crippen molar-refractivity contribution in [2.45, 2.75) is 72.0 Å². The molecule has 0 aliphatic carbocycles. The average molecular weight is 200 g/mol. The Balaban J connectivity index is 4.01. The molecular formula is C12H28N2. The Morgan fingerprint density at radius 3 is 2.00 bits per heavy atom. The summed E-state index contributed by atoms with van der Waals surface area (Å²) in [4.78, 5) is 2.51. The van der Waals surface area contributed by atoms with Gasteiger partial charge in [0.25, 0.3) is 0 Å². The molecule has 0 aromatic rings. The van der Waals surface area contributed by atoms with E-state index in [2.05, 4.69) is 39.5 Å². The summed E-state index contributed by atoms with van der Waals surface area (Å²) in [6.45, 7) is 12.3. The van der Waals surface area contributed by atoms with Crippen LogP contribution in [0.1, 0.15) is 53.9 Å². The molecule has 2 N–H and O–H groups in total. The standard InChI is InChI=1S/C12H28N2/c1-6-7-8-9-14(10(2)3)12(5)11(4)13/h10-12H,6-9,13H2,1-5H3. The summed E-state index contributed by atoms with van der Waals surface area (Å²) < 4.78 is 0. The van der Waals surface area contributed by atoms with Gasteiger partial charge in [-0.05, 0) is 40.7 Å². The molecule has 0 fully saturated rings. The van der Waals surface area contributed by atoms with Crippen molar-refractivity contribution in [2.75, 3.05) is 6.54 Å². The summed E-state index contributed by atoms with van der Waals surface area (Å²) in [5.74, 6) is 0. The zero-order valence-corrected chi connectivity index (χ0v) is 10.6. The smallest absolute Gasteiger partial charge is 0.0218 e. The van der Waals surface area contributed by atoms with E-state index in [1.165, 1.54) is 25.8 Å². The molecule has 0 spiro atoms. The predicted molar refractivity (Wildman–Crippen MR) is 64.5 cm³/mol. The van der Waals surface area contributed by atoms with E-state index in [-0.39, 0.29) is 6.04 Å². The number of unbranched alkanes of at least 4 members (excludes halogenated alkanes) is 2. The molecule has 0 amide bonds. The number of nitrogens with zero attached hydrogens (tertiary/aromatic N) is 1. The Bertz CT molecular complexity index is 132. The molecule has 0 saturated carbocycles. The summed E-state index contributed by atoms with van der Waals surface area (Å²) in [7, 11) is 0. The van der Waals surface area contributed by atoms with Crippen molar-refractivity contribution in [3.8, 4) is 0 Å². The molecule has 0 rings (SSSR count). The van der Waals surface area contributed by atoms with Gasteiger partial charge in [-0.25, -0.2) is 0 Å². The lowest BCUT2D eigenvalue weighted by Gasteiger charge is -2.35. The van der Waals surface area contributed by atoms with Crippen molar-refractivity contribution in [1.29, 1.82) is 0 Å². The van der Waals surface area contributed by atoms with Crippen LogP contribution in [-0.4, -0.2) is 29.6 Å². The van der Waals surface area contributed by atoms with Crippen LogP contribution in [0.4, 0.5) is 0 Å². The lowest BCUT2D eigenvalue weighted by molar-refractivity contribution is 0.144. The molecular weight excluding hydrogens is 172 g/mol. The van der Waals surface area contributed by atoms with Gasteiger partial charge in [-0.15, -0.1) is 0 Å². The average Bonchev–Trinajstić information content (AvgIpc) is 2.10. The van der Waals surface area contributed by atoms with Gasteiger partial charge in [-0.1, -0.05) is 19.8 Å². The molecule has 0 aromatic heterocycles. The highest BCUT2D eigenvalue weighted by Gasteiger charge is 2.19. The van der Waals surface area contributed by atoms with E-state index < -0.39 is 0 Å². The first kappa shape index (κ1) is 13.9. The molecule has 0 aliphatic rings. The molecule has 2 atom stereocenters. The van der Waals surface area contributed by atoms with E-state index in [9.17, 15) is 0 Å². The molecule has 2 heteroatoms. The zero-order valence-electron chi connectivity index (χ0n) is 10.6. The van der Waals surface area contributed by atoms with Gasteiger partial charge in [0.15, 0.2) is 0 Å². The Hall–Kier alpha value is -0.0800. The van der Waals surface area contributed by atoms with Gasteiger partial charge in [-0.2, -0.15) is 0 Å². The van der Waals surface area contributed by atoms with Crippen LogP contribution in [0.2, 0.25) is 0 Å². The first-order valence-electron chi connectivity index (χ1n) is 6.02. The summed E-state index contributed by atoms with van der Waals surface area (Å²) >= 11 is 0. The monoisotopic (exact) mass is 200 g/mol. The van der Waals surface area contributed by atoms with Crippen LogP contribution in [0.5, 0.6) is 0 Å². The van der Waals surface area contributed by atoms with E-state index in [1.54, 1.807) is 0 Å². The molecule has 0 bridgehead atoms. The van der Waals surface area contributed by atoms with Gasteiger partial charge in [-0.3, -0.25) is 4.90 Å². The van der Waals surface area contributed by atoms with Gasteiger partial charge < -0.3 is 5.73 Å². The maximum Gasteiger partial charge on any atom is 0.0218 e. The molecule has 0 aliphatic heterocycles. The first-order chi connectivity index (χ1) is 6.50. The number of hydrogen-bond donors (Lipinski definition) is 1. The highest BCUT2D eigenvalue weighted by atomic mass is 15.2. The van der Waals surface area contributed by atoms with Crippen molar-refractivity contribution >= 4 is 0 Å². The van der Waals surface area contributed by atoms with Crippen molar-refractivity contribution in [3.63, 3.8) is 0 Å². The van der Waals surface area contributed by atoms with Crippen LogP contribution >= 0.6 is 0 Å². The van der Waals surface area contributed by atoms with Crippen molar-refractivity contribution in [2.24, 2.45) is 5.73 Å². The topological polar surface area (TPSA) is 29.3 Å². The Morgan fingerprint density at radius 2 is 1.64 bits per heavy atom. The molecule has 0 radical (unpaired) electrons. The van der Waals surface area contributed by atoms with Crippen molar-refractivity contribution < 1.29 is 0 Å². The molecule has 86 valence electrons. The van der Waals surface area contributed by atoms with Crippen LogP contribution in [0.3, 0.4) is 0 Å². The largest absolute Gasteiger partial charge is 0.327 e. The fraction of sp³-hybridized carbons (Fsp3) is 1.00. The van der Waals surface area contributed by atoms with Crippen LogP contribution in [0.25, 0.3) is 0 Å². The fourth-order valence-electron chi connectivity index (χ4n) is 1.78. The molecule has 0 saturated heterocycles. The summed E-state index contributed by atoms with van der Waals surface area (Å²) in [6.07, 6.45) is 3.92. The first-order valence-corrected chi connectivity index (χ1v) is 6.02. The molecule has 2 unspecified atom stereocenters. The lowest BCUT2D eigenvalue weighted by Crippen LogP contribution is -2.48. The number of hydrogen-bond acceptors (Lipinski definition) is 2. The summed E-state index contributed by atoms with van der Waals surface area (Å²) in [5, 5.41) is 0. The Kier molecular flexibility index (Phi) is 7.20. The number of nitrogens with two attached hydrogens (primary N) is 1. The minimum Gasteiger partial charge on any atom is -0.327 e. The third-order valence-corrected chi connectivity index (χ3v) is 2.97. The number of rotatable bonds is 7. The van der Waals surface area contributed by atoms with Crippen LogP contribution in [-0.2, 0) is 0 Å².